The van der Waals surface area contributed by atoms with Crippen LogP contribution in [0, 0.1) is 17.7 Å². The second-order valence-corrected chi connectivity index (χ2v) is 5.92. The zero-order valence-electron chi connectivity index (χ0n) is 11.1. The molecule has 1 aromatic rings. The summed E-state index contributed by atoms with van der Waals surface area (Å²) < 4.78 is 12.9. The topological polar surface area (TPSA) is 6.48 Å². The predicted molar refractivity (Wildman–Crippen MR) is 70.7 cm³/mol. The maximum atomic E-state index is 12.9. The average Bonchev–Trinajstić information content (AvgIpc) is 2.84. The summed E-state index contributed by atoms with van der Waals surface area (Å²) in [6, 6.07) is 7.62. The molecular formula is C15H21FN2. The summed E-state index contributed by atoms with van der Waals surface area (Å²) in [4.78, 5) is 5.00. The fourth-order valence-corrected chi connectivity index (χ4v) is 3.57. The first-order valence-electron chi connectivity index (χ1n) is 6.80. The second-order valence-electron chi connectivity index (χ2n) is 5.92. The molecule has 3 rings (SSSR count). The molecule has 0 saturated carbocycles. The predicted octanol–water partition coefficient (Wildman–Crippen LogP) is 2.21. The largest absolute Gasteiger partial charge is 0.303 e. The van der Waals surface area contributed by atoms with Gasteiger partial charge in [-0.1, -0.05) is 12.1 Å². The number of rotatable bonds is 2. The lowest BCUT2D eigenvalue weighted by atomic mass is 9.95. The van der Waals surface area contributed by atoms with Gasteiger partial charge in [0.25, 0.3) is 0 Å². The molecule has 3 atom stereocenters. The molecule has 2 aliphatic rings. The van der Waals surface area contributed by atoms with E-state index in [0.717, 1.165) is 18.4 Å². The summed E-state index contributed by atoms with van der Waals surface area (Å²) in [7, 11) is 2.23. The third-order valence-corrected chi connectivity index (χ3v) is 4.72. The van der Waals surface area contributed by atoms with E-state index in [9.17, 15) is 4.39 Å². The maximum Gasteiger partial charge on any atom is 0.123 e. The molecule has 0 aliphatic carbocycles. The van der Waals surface area contributed by atoms with Crippen LogP contribution in [-0.4, -0.2) is 42.5 Å². The van der Waals surface area contributed by atoms with Gasteiger partial charge in [-0.25, -0.2) is 4.39 Å². The second kappa shape index (κ2) is 4.63. The van der Waals surface area contributed by atoms with Gasteiger partial charge in [-0.3, -0.25) is 4.90 Å². The summed E-state index contributed by atoms with van der Waals surface area (Å²) >= 11 is 0. The fourth-order valence-electron chi connectivity index (χ4n) is 3.57. The van der Waals surface area contributed by atoms with Gasteiger partial charge in [-0.2, -0.15) is 0 Å². The SMILES string of the molecule is C[C@@H]1[C@H]2CN(Cc3ccc(F)cc3)C[C@H]2CN1C. The lowest BCUT2D eigenvalue weighted by Gasteiger charge is -2.23. The van der Waals surface area contributed by atoms with Gasteiger partial charge in [0.2, 0.25) is 0 Å². The minimum atomic E-state index is -0.146. The van der Waals surface area contributed by atoms with Crippen LogP contribution in [0.3, 0.4) is 0 Å². The van der Waals surface area contributed by atoms with Crippen molar-refractivity contribution in [2.75, 3.05) is 26.7 Å². The Bertz CT molecular complexity index is 417. The Kier molecular flexibility index (Phi) is 3.12. The van der Waals surface area contributed by atoms with Crippen LogP contribution in [0.15, 0.2) is 24.3 Å². The molecular weight excluding hydrogens is 227 g/mol. The molecule has 1 aromatic carbocycles. The van der Waals surface area contributed by atoms with E-state index in [-0.39, 0.29) is 5.82 Å². The van der Waals surface area contributed by atoms with Crippen molar-refractivity contribution in [2.24, 2.45) is 11.8 Å². The van der Waals surface area contributed by atoms with Crippen LogP contribution in [0.2, 0.25) is 0 Å². The highest BCUT2D eigenvalue weighted by Crippen LogP contribution is 2.35. The maximum absolute atomic E-state index is 12.9. The van der Waals surface area contributed by atoms with Gasteiger partial charge >= 0.3 is 0 Å². The molecule has 0 unspecified atom stereocenters. The first-order chi connectivity index (χ1) is 8.63. The molecule has 0 bridgehead atoms. The summed E-state index contributed by atoms with van der Waals surface area (Å²) in [5.74, 6) is 1.49. The molecule has 2 fully saturated rings. The van der Waals surface area contributed by atoms with Crippen molar-refractivity contribution in [3.63, 3.8) is 0 Å². The van der Waals surface area contributed by atoms with Gasteiger partial charge in [0.15, 0.2) is 0 Å². The molecule has 2 heterocycles. The fraction of sp³-hybridized carbons (Fsp3) is 0.600. The lowest BCUT2D eigenvalue weighted by molar-refractivity contribution is 0.233. The lowest BCUT2D eigenvalue weighted by Crippen LogP contribution is -2.31. The first-order valence-corrected chi connectivity index (χ1v) is 6.80. The Balaban J connectivity index is 1.62. The smallest absolute Gasteiger partial charge is 0.123 e. The van der Waals surface area contributed by atoms with E-state index < -0.39 is 0 Å². The van der Waals surface area contributed by atoms with Crippen molar-refractivity contribution in [3.05, 3.63) is 35.6 Å². The van der Waals surface area contributed by atoms with Crippen molar-refractivity contribution in [3.8, 4) is 0 Å². The Labute approximate surface area is 108 Å². The Morgan fingerprint density at radius 1 is 1.17 bits per heavy atom. The Morgan fingerprint density at radius 3 is 2.56 bits per heavy atom. The molecule has 0 amide bonds. The van der Waals surface area contributed by atoms with E-state index in [2.05, 4.69) is 23.8 Å². The van der Waals surface area contributed by atoms with Crippen molar-refractivity contribution >= 4 is 0 Å². The van der Waals surface area contributed by atoms with Gasteiger partial charge in [0.05, 0.1) is 0 Å². The minimum Gasteiger partial charge on any atom is -0.303 e. The van der Waals surface area contributed by atoms with Crippen molar-refractivity contribution < 1.29 is 4.39 Å². The van der Waals surface area contributed by atoms with Crippen LogP contribution in [0.4, 0.5) is 4.39 Å². The number of likely N-dealkylation sites (tertiary alicyclic amines) is 2. The Morgan fingerprint density at radius 2 is 1.89 bits per heavy atom. The van der Waals surface area contributed by atoms with Crippen molar-refractivity contribution in [1.29, 1.82) is 0 Å². The third kappa shape index (κ3) is 2.17. The van der Waals surface area contributed by atoms with E-state index in [4.69, 9.17) is 0 Å². The zero-order chi connectivity index (χ0) is 12.7. The molecule has 98 valence electrons. The van der Waals surface area contributed by atoms with Gasteiger partial charge < -0.3 is 4.90 Å². The number of hydrogen-bond acceptors (Lipinski definition) is 2. The summed E-state index contributed by atoms with van der Waals surface area (Å²) in [6.07, 6.45) is 0. The molecule has 0 radical (unpaired) electrons. The van der Waals surface area contributed by atoms with Crippen LogP contribution in [0.1, 0.15) is 12.5 Å². The third-order valence-electron chi connectivity index (χ3n) is 4.72. The van der Waals surface area contributed by atoms with E-state index in [1.54, 1.807) is 12.1 Å². The zero-order valence-corrected chi connectivity index (χ0v) is 11.1. The number of benzene rings is 1. The number of fused-ring (bicyclic) bond motifs is 1. The van der Waals surface area contributed by atoms with Crippen LogP contribution in [0.5, 0.6) is 0 Å². The number of halogens is 1. The van der Waals surface area contributed by atoms with E-state index in [1.165, 1.54) is 25.2 Å². The molecule has 2 saturated heterocycles. The standard InChI is InChI=1S/C15H21FN2/c1-11-15-10-18(9-13(15)8-17(11)2)7-12-3-5-14(16)6-4-12/h3-6,11,13,15H,7-10H2,1-2H3/t11-,13-,15-/m1/s1. The highest BCUT2D eigenvalue weighted by Gasteiger charge is 2.43. The highest BCUT2D eigenvalue weighted by atomic mass is 19.1. The minimum absolute atomic E-state index is 0.146. The van der Waals surface area contributed by atoms with Gasteiger partial charge in [-0.15, -0.1) is 0 Å². The van der Waals surface area contributed by atoms with Crippen LogP contribution in [-0.2, 0) is 6.54 Å². The summed E-state index contributed by atoms with van der Waals surface area (Å²) in [6.45, 7) is 6.91. The highest BCUT2D eigenvalue weighted by molar-refractivity contribution is 5.16. The molecule has 3 heteroatoms. The summed E-state index contributed by atoms with van der Waals surface area (Å²) in [5.41, 5.74) is 1.22. The molecule has 0 spiro atoms. The van der Waals surface area contributed by atoms with Crippen LogP contribution in [0.25, 0.3) is 0 Å². The van der Waals surface area contributed by atoms with Gasteiger partial charge in [0.1, 0.15) is 5.82 Å². The quantitative estimate of drug-likeness (QED) is 0.792. The van der Waals surface area contributed by atoms with Crippen LogP contribution >= 0.6 is 0 Å². The van der Waals surface area contributed by atoms with E-state index in [1.807, 2.05) is 12.1 Å². The van der Waals surface area contributed by atoms with Crippen LogP contribution < -0.4 is 0 Å². The number of nitrogens with zero attached hydrogens (tertiary/aromatic N) is 2. The molecule has 0 N–H and O–H groups in total. The normalized spacial score (nSPS) is 32.9. The summed E-state index contributed by atoms with van der Waals surface area (Å²) in [5, 5.41) is 0. The van der Waals surface area contributed by atoms with E-state index in [0.29, 0.717) is 6.04 Å². The van der Waals surface area contributed by atoms with Gasteiger partial charge in [-0.05, 0) is 43.5 Å². The first kappa shape index (κ1) is 12.1. The molecule has 18 heavy (non-hydrogen) atoms. The monoisotopic (exact) mass is 248 g/mol. The van der Waals surface area contributed by atoms with Gasteiger partial charge in [0, 0.05) is 32.2 Å². The Hall–Kier alpha value is -0.930. The average molecular weight is 248 g/mol. The number of hydrogen-bond donors (Lipinski definition) is 0. The molecule has 2 aliphatic heterocycles. The van der Waals surface area contributed by atoms with Crippen molar-refractivity contribution in [1.82, 2.24) is 9.80 Å². The van der Waals surface area contributed by atoms with E-state index >= 15 is 0 Å². The molecule has 2 nitrogen and oxygen atoms in total. The van der Waals surface area contributed by atoms with Crippen molar-refractivity contribution in [2.45, 2.75) is 19.5 Å². The molecule has 0 aromatic heterocycles.